The summed E-state index contributed by atoms with van der Waals surface area (Å²) in [5.74, 6) is 0.474. The van der Waals surface area contributed by atoms with Crippen LogP contribution in [0.1, 0.15) is 24.2 Å². The second-order valence-corrected chi connectivity index (χ2v) is 6.89. The molecule has 2 aliphatic rings. The highest BCUT2D eigenvalue weighted by Gasteiger charge is 2.42. The highest BCUT2D eigenvalue weighted by atomic mass is 32.2. The van der Waals surface area contributed by atoms with E-state index in [0.717, 1.165) is 17.8 Å². The summed E-state index contributed by atoms with van der Waals surface area (Å²) in [5.41, 5.74) is 2.18. The molecular formula is C14H19NO3S. The van der Waals surface area contributed by atoms with Crippen molar-refractivity contribution in [3.8, 4) is 0 Å². The maximum atomic E-state index is 10.7. The molecule has 1 saturated carbocycles. The summed E-state index contributed by atoms with van der Waals surface area (Å²) in [4.78, 5) is 4.17. The standard InChI is InChI=1S/C7H9N.C7H10O3S/c1-6-4-3-5-7(2)8-6;8-11(9,10)7-4-5-1-2-6(7)3-5/h3-5H,1-2H3;1-2,5-7H,3-4H2,(H,8,9,10). The van der Waals surface area contributed by atoms with Gasteiger partial charge in [0.15, 0.2) is 0 Å². The van der Waals surface area contributed by atoms with Gasteiger partial charge >= 0.3 is 0 Å². The molecule has 0 aromatic carbocycles. The Morgan fingerprint density at radius 1 is 1.16 bits per heavy atom. The van der Waals surface area contributed by atoms with Crippen molar-refractivity contribution >= 4 is 10.1 Å². The number of fused-ring (bicyclic) bond motifs is 2. The zero-order valence-corrected chi connectivity index (χ0v) is 12.0. The molecule has 1 fully saturated rings. The van der Waals surface area contributed by atoms with Gasteiger partial charge in [-0.2, -0.15) is 8.42 Å². The third-order valence-electron chi connectivity index (χ3n) is 3.63. The van der Waals surface area contributed by atoms with Gasteiger partial charge in [0.05, 0.1) is 5.25 Å². The lowest BCUT2D eigenvalue weighted by atomic mass is 10.1. The van der Waals surface area contributed by atoms with E-state index in [0.29, 0.717) is 12.3 Å². The molecule has 2 aliphatic carbocycles. The highest BCUT2D eigenvalue weighted by Crippen LogP contribution is 2.41. The Kier molecular flexibility index (Phi) is 4.06. The summed E-state index contributed by atoms with van der Waals surface area (Å²) < 4.78 is 30.3. The van der Waals surface area contributed by atoms with Crippen LogP contribution >= 0.6 is 0 Å². The lowest BCUT2D eigenvalue weighted by Crippen LogP contribution is -2.24. The Morgan fingerprint density at radius 3 is 2.05 bits per heavy atom. The fourth-order valence-corrected chi connectivity index (χ4v) is 3.89. The number of nitrogens with zero attached hydrogens (tertiary/aromatic N) is 1. The van der Waals surface area contributed by atoms with Crippen LogP contribution in [0.3, 0.4) is 0 Å². The van der Waals surface area contributed by atoms with E-state index in [-0.39, 0.29) is 5.92 Å². The summed E-state index contributed by atoms with van der Waals surface area (Å²) in [7, 11) is -3.78. The van der Waals surface area contributed by atoms with Crippen molar-refractivity contribution in [1.82, 2.24) is 4.98 Å². The third kappa shape index (κ3) is 3.64. The van der Waals surface area contributed by atoms with Crippen molar-refractivity contribution < 1.29 is 13.0 Å². The summed E-state index contributed by atoms with van der Waals surface area (Å²) in [6.45, 7) is 3.99. The average Bonchev–Trinajstić information content (AvgIpc) is 2.90. The van der Waals surface area contributed by atoms with Gasteiger partial charge in [-0.3, -0.25) is 9.54 Å². The summed E-state index contributed by atoms with van der Waals surface area (Å²) >= 11 is 0. The molecule has 1 aromatic heterocycles. The minimum Gasteiger partial charge on any atom is -0.285 e. The van der Waals surface area contributed by atoms with Crippen molar-refractivity contribution in [2.45, 2.75) is 31.9 Å². The monoisotopic (exact) mass is 281 g/mol. The Balaban J connectivity index is 0.000000148. The highest BCUT2D eigenvalue weighted by molar-refractivity contribution is 7.86. The molecule has 1 heterocycles. The van der Waals surface area contributed by atoms with Crippen molar-refractivity contribution in [3.63, 3.8) is 0 Å². The molecule has 2 bridgehead atoms. The predicted molar refractivity (Wildman–Crippen MR) is 74.4 cm³/mol. The van der Waals surface area contributed by atoms with Gasteiger partial charge in [0.25, 0.3) is 10.1 Å². The van der Waals surface area contributed by atoms with Crippen LogP contribution in [0.5, 0.6) is 0 Å². The van der Waals surface area contributed by atoms with Gasteiger partial charge < -0.3 is 0 Å². The SMILES string of the molecule is Cc1cccc(C)n1.O=S(=O)(O)C1CC2C=CC1C2. The normalized spacial score (nSPS) is 28.1. The number of allylic oxidation sites excluding steroid dienone is 2. The molecule has 1 aromatic rings. The van der Waals surface area contributed by atoms with E-state index in [2.05, 4.69) is 4.98 Å². The van der Waals surface area contributed by atoms with E-state index in [1.54, 1.807) is 0 Å². The number of hydrogen-bond acceptors (Lipinski definition) is 3. The maximum Gasteiger partial charge on any atom is 0.268 e. The van der Waals surface area contributed by atoms with Crippen molar-refractivity contribution in [2.75, 3.05) is 0 Å². The lowest BCUT2D eigenvalue weighted by molar-refractivity contribution is 0.455. The lowest BCUT2D eigenvalue weighted by Gasteiger charge is -2.13. The van der Waals surface area contributed by atoms with Crippen LogP contribution in [0, 0.1) is 25.7 Å². The minimum atomic E-state index is -3.78. The fraction of sp³-hybridized carbons (Fsp3) is 0.500. The Morgan fingerprint density at radius 2 is 1.79 bits per heavy atom. The molecule has 0 saturated heterocycles. The van der Waals surface area contributed by atoms with Crippen LogP contribution in [-0.2, 0) is 10.1 Å². The van der Waals surface area contributed by atoms with Gasteiger partial charge in [0, 0.05) is 11.4 Å². The van der Waals surface area contributed by atoms with Crippen molar-refractivity contribution in [1.29, 1.82) is 0 Å². The van der Waals surface area contributed by atoms with Crippen LogP contribution in [0.15, 0.2) is 30.4 Å². The average molecular weight is 281 g/mol. The Labute approximate surface area is 114 Å². The molecule has 0 radical (unpaired) electrons. The third-order valence-corrected chi connectivity index (χ3v) is 4.94. The summed E-state index contributed by atoms with van der Waals surface area (Å²) in [6, 6.07) is 6.00. The molecule has 0 amide bonds. The first kappa shape index (κ1) is 14.2. The molecule has 5 heteroatoms. The smallest absolute Gasteiger partial charge is 0.268 e. The molecule has 3 unspecified atom stereocenters. The van der Waals surface area contributed by atoms with Crippen molar-refractivity contribution in [3.05, 3.63) is 41.7 Å². The van der Waals surface area contributed by atoms with Gasteiger partial charge in [0.2, 0.25) is 0 Å². The molecule has 4 nitrogen and oxygen atoms in total. The summed E-state index contributed by atoms with van der Waals surface area (Å²) in [5, 5.41) is -0.516. The quantitative estimate of drug-likeness (QED) is 0.634. The first-order valence-electron chi connectivity index (χ1n) is 6.41. The molecule has 1 N–H and O–H groups in total. The predicted octanol–water partition coefficient (Wildman–Crippen LogP) is 2.54. The maximum absolute atomic E-state index is 10.7. The van der Waals surface area contributed by atoms with E-state index >= 15 is 0 Å². The molecule has 19 heavy (non-hydrogen) atoms. The summed E-state index contributed by atoms with van der Waals surface area (Å²) in [6.07, 6.45) is 5.48. The van der Waals surface area contributed by atoms with Crippen LogP contribution in [0.4, 0.5) is 0 Å². The van der Waals surface area contributed by atoms with Crippen molar-refractivity contribution in [2.24, 2.45) is 11.8 Å². The number of rotatable bonds is 1. The zero-order chi connectivity index (χ0) is 14.0. The Bertz CT molecular complexity index is 563. The molecule has 3 rings (SSSR count). The Hall–Kier alpha value is -1.20. The van der Waals surface area contributed by atoms with Gasteiger partial charge in [-0.1, -0.05) is 18.2 Å². The first-order chi connectivity index (χ1) is 8.86. The molecular weight excluding hydrogens is 262 g/mol. The van der Waals surface area contributed by atoms with Crippen LogP contribution < -0.4 is 0 Å². The molecule has 0 spiro atoms. The molecule has 0 aliphatic heterocycles. The number of aryl methyl sites for hydroxylation is 2. The zero-order valence-electron chi connectivity index (χ0n) is 11.2. The second-order valence-electron chi connectivity index (χ2n) is 5.25. The number of pyridine rings is 1. The topological polar surface area (TPSA) is 67.3 Å². The molecule has 3 atom stereocenters. The second kappa shape index (κ2) is 5.43. The number of aromatic nitrogens is 1. The van der Waals surface area contributed by atoms with E-state index in [1.807, 2.05) is 44.2 Å². The van der Waals surface area contributed by atoms with Gasteiger partial charge in [0.1, 0.15) is 0 Å². The first-order valence-corrected chi connectivity index (χ1v) is 7.91. The van der Waals surface area contributed by atoms with Gasteiger partial charge in [-0.05, 0) is 50.7 Å². The van der Waals surface area contributed by atoms with E-state index in [1.165, 1.54) is 0 Å². The van der Waals surface area contributed by atoms with Crippen LogP contribution in [-0.4, -0.2) is 23.2 Å². The van der Waals surface area contributed by atoms with E-state index in [9.17, 15) is 8.42 Å². The van der Waals surface area contributed by atoms with E-state index < -0.39 is 15.4 Å². The minimum absolute atomic E-state index is 0.0787. The largest absolute Gasteiger partial charge is 0.285 e. The van der Waals surface area contributed by atoms with E-state index in [4.69, 9.17) is 4.55 Å². The van der Waals surface area contributed by atoms with Gasteiger partial charge in [-0.25, -0.2) is 0 Å². The fourth-order valence-electron chi connectivity index (χ4n) is 2.75. The van der Waals surface area contributed by atoms with Crippen LogP contribution in [0.25, 0.3) is 0 Å². The molecule has 104 valence electrons. The van der Waals surface area contributed by atoms with Crippen LogP contribution in [0.2, 0.25) is 0 Å². The van der Waals surface area contributed by atoms with Gasteiger partial charge in [-0.15, -0.1) is 0 Å². The number of hydrogen-bond donors (Lipinski definition) is 1.